The molecule has 0 spiro atoms. The van der Waals surface area contributed by atoms with Crippen LogP contribution < -0.4 is 5.32 Å². The minimum atomic E-state index is -0.130. The Morgan fingerprint density at radius 2 is 2.20 bits per heavy atom. The van der Waals surface area contributed by atoms with Crippen LogP contribution in [0.25, 0.3) is 0 Å². The van der Waals surface area contributed by atoms with Crippen molar-refractivity contribution in [3.05, 3.63) is 53.6 Å². The average molecular weight is 273 g/mol. The van der Waals surface area contributed by atoms with Gasteiger partial charge in [0.05, 0.1) is 5.69 Å². The van der Waals surface area contributed by atoms with Gasteiger partial charge in [0.2, 0.25) is 0 Å². The van der Waals surface area contributed by atoms with Crippen LogP contribution in [0.4, 0.5) is 4.39 Å². The molecule has 1 saturated carbocycles. The number of halogens is 1. The predicted molar refractivity (Wildman–Crippen MR) is 77.1 cm³/mol. The Labute approximate surface area is 118 Å². The Bertz CT molecular complexity index is 573. The van der Waals surface area contributed by atoms with Crippen molar-refractivity contribution in [1.82, 2.24) is 15.1 Å². The third-order valence-electron chi connectivity index (χ3n) is 4.04. The van der Waals surface area contributed by atoms with Crippen LogP contribution in [-0.2, 0) is 13.5 Å². The zero-order valence-electron chi connectivity index (χ0n) is 11.7. The first-order chi connectivity index (χ1) is 9.70. The molecule has 0 amide bonds. The molecule has 3 nitrogen and oxygen atoms in total. The molecule has 1 aliphatic rings. The van der Waals surface area contributed by atoms with Crippen molar-refractivity contribution in [3.8, 4) is 0 Å². The van der Waals surface area contributed by atoms with Gasteiger partial charge in [-0.3, -0.25) is 4.68 Å². The summed E-state index contributed by atoms with van der Waals surface area (Å²) >= 11 is 0. The van der Waals surface area contributed by atoms with Gasteiger partial charge in [-0.1, -0.05) is 12.1 Å². The quantitative estimate of drug-likeness (QED) is 0.907. The third kappa shape index (κ3) is 3.07. The first kappa shape index (κ1) is 13.3. The number of aryl methyl sites for hydroxylation is 1. The van der Waals surface area contributed by atoms with E-state index in [2.05, 4.69) is 16.5 Å². The molecule has 1 heterocycles. The van der Waals surface area contributed by atoms with Gasteiger partial charge < -0.3 is 5.32 Å². The second-order valence-corrected chi connectivity index (χ2v) is 5.61. The minimum absolute atomic E-state index is 0.130. The van der Waals surface area contributed by atoms with Gasteiger partial charge in [-0.05, 0) is 42.5 Å². The monoisotopic (exact) mass is 273 g/mol. The van der Waals surface area contributed by atoms with E-state index in [0.717, 1.165) is 37.1 Å². The first-order valence-corrected chi connectivity index (χ1v) is 7.18. The van der Waals surface area contributed by atoms with Crippen molar-refractivity contribution in [2.75, 3.05) is 6.54 Å². The number of aromatic nitrogens is 2. The fraction of sp³-hybridized carbons (Fsp3) is 0.438. The Balaban J connectivity index is 1.40. The highest BCUT2D eigenvalue weighted by atomic mass is 19.1. The van der Waals surface area contributed by atoms with E-state index in [1.54, 1.807) is 12.1 Å². The zero-order chi connectivity index (χ0) is 13.9. The fourth-order valence-electron chi connectivity index (χ4n) is 2.82. The fourth-order valence-corrected chi connectivity index (χ4v) is 2.82. The van der Waals surface area contributed by atoms with Crippen LogP contribution >= 0.6 is 0 Å². The largest absolute Gasteiger partial charge is 0.314 e. The first-order valence-electron chi connectivity index (χ1n) is 7.18. The summed E-state index contributed by atoms with van der Waals surface area (Å²) in [4.78, 5) is 0. The number of hydrogen-bond acceptors (Lipinski definition) is 2. The second-order valence-electron chi connectivity index (χ2n) is 5.61. The van der Waals surface area contributed by atoms with Crippen LogP contribution in [0.1, 0.15) is 30.0 Å². The highest BCUT2D eigenvalue weighted by molar-refractivity contribution is 5.23. The van der Waals surface area contributed by atoms with Crippen molar-refractivity contribution < 1.29 is 4.39 Å². The van der Waals surface area contributed by atoms with Crippen LogP contribution in [0.15, 0.2) is 36.5 Å². The molecule has 4 heteroatoms. The summed E-state index contributed by atoms with van der Waals surface area (Å²) in [7, 11) is 1.94. The molecule has 0 aliphatic heterocycles. The van der Waals surface area contributed by atoms with E-state index in [-0.39, 0.29) is 5.82 Å². The molecule has 1 fully saturated rings. The number of nitrogens with zero attached hydrogens (tertiary/aromatic N) is 2. The van der Waals surface area contributed by atoms with Crippen molar-refractivity contribution in [2.24, 2.45) is 7.05 Å². The molecule has 2 aromatic rings. The molecule has 0 unspecified atom stereocenters. The Kier molecular flexibility index (Phi) is 3.83. The van der Waals surface area contributed by atoms with Crippen molar-refractivity contribution in [3.63, 3.8) is 0 Å². The molecule has 1 aliphatic carbocycles. The standard InChI is InChI=1S/C16H20FN3/c1-20-8-6-15(19-20)5-7-18-16-10-13(11-16)12-3-2-4-14(17)9-12/h2-4,6,8-9,13,16,18H,5,7,10-11H2,1H3. The maximum Gasteiger partial charge on any atom is 0.123 e. The Morgan fingerprint density at radius 3 is 2.90 bits per heavy atom. The lowest BCUT2D eigenvalue weighted by atomic mass is 9.76. The van der Waals surface area contributed by atoms with Gasteiger partial charge in [0, 0.05) is 32.3 Å². The molecule has 106 valence electrons. The van der Waals surface area contributed by atoms with E-state index in [1.165, 1.54) is 6.07 Å². The highest BCUT2D eigenvalue weighted by Gasteiger charge is 2.29. The summed E-state index contributed by atoms with van der Waals surface area (Å²) in [5, 5.41) is 7.91. The number of rotatable bonds is 5. The zero-order valence-corrected chi connectivity index (χ0v) is 11.7. The molecule has 0 radical (unpaired) electrons. The lowest BCUT2D eigenvalue weighted by Gasteiger charge is -2.36. The SMILES string of the molecule is Cn1ccc(CCNC2CC(c3cccc(F)c3)C2)n1. The smallest absolute Gasteiger partial charge is 0.123 e. The van der Waals surface area contributed by atoms with E-state index >= 15 is 0 Å². The van der Waals surface area contributed by atoms with Gasteiger partial charge in [-0.15, -0.1) is 0 Å². The number of nitrogens with one attached hydrogen (secondary N) is 1. The van der Waals surface area contributed by atoms with Gasteiger partial charge >= 0.3 is 0 Å². The maximum atomic E-state index is 13.2. The molecular formula is C16H20FN3. The molecular weight excluding hydrogens is 253 g/mol. The van der Waals surface area contributed by atoms with Gasteiger partial charge in [-0.2, -0.15) is 5.10 Å². The van der Waals surface area contributed by atoms with E-state index in [1.807, 2.05) is 24.0 Å². The predicted octanol–water partition coefficient (Wildman–Crippen LogP) is 2.64. The number of hydrogen-bond donors (Lipinski definition) is 1. The van der Waals surface area contributed by atoms with Crippen LogP contribution in [0, 0.1) is 5.82 Å². The van der Waals surface area contributed by atoms with Crippen molar-refractivity contribution in [1.29, 1.82) is 0 Å². The van der Waals surface area contributed by atoms with E-state index < -0.39 is 0 Å². The lowest BCUT2D eigenvalue weighted by molar-refractivity contribution is 0.292. The van der Waals surface area contributed by atoms with Gasteiger partial charge in [0.15, 0.2) is 0 Å². The summed E-state index contributed by atoms with van der Waals surface area (Å²) in [6.45, 7) is 0.956. The van der Waals surface area contributed by atoms with Crippen LogP contribution in [-0.4, -0.2) is 22.4 Å². The molecule has 3 rings (SSSR count). The lowest BCUT2D eigenvalue weighted by Crippen LogP contribution is -2.41. The highest BCUT2D eigenvalue weighted by Crippen LogP contribution is 2.36. The van der Waals surface area contributed by atoms with Gasteiger partial charge in [0.25, 0.3) is 0 Å². The molecule has 0 atom stereocenters. The topological polar surface area (TPSA) is 29.9 Å². The maximum absolute atomic E-state index is 13.2. The Hall–Kier alpha value is -1.68. The summed E-state index contributed by atoms with van der Waals surface area (Å²) in [5.74, 6) is 0.382. The van der Waals surface area contributed by atoms with E-state index in [4.69, 9.17) is 0 Å². The third-order valence-corrected chi connectivity index (χ3v) is 4.04. The summed E-state index contributed by atoms with van der Waals surface area (Å²) < 4.78 is 15.0. The summed E-state index contributed by atoms with van der Waals surface area (Å²) in [5.41, 5.74) is 2.26. The second kappa shape index (κ2) is 5.75. The molecule has 1 aromatic heterocycles. The van der Waals surface area contributed by atoms with E-state index in [0.29, 0.717) is 12.0 Å². The van der Waals surface area contributed by atoms with Crippen LogP contribution in [0.5, 0.6) is 0 Å². The summed E-state index contributed by atoms with van der Waals surface area (Å²) in [6, 6.07) is 9.61. The minimum Gasteiger partial charge on any atom is -0.314 e. The van der Waals surface area contributed by atoms with Gasteiger partial charge in [0.1, 0.15) is 5.82 Å². The van der Waals surface area contributed by atoms with Crippen LogP contribution in [0.3, 0.4) is 0 Å². The van der Waals surface area contributed by atoms with Crippen molar-refractivity contribution in [2.45, 2.75) is 31.2 Å². The molecule has 0 bridgehead atoms. The van der Waals surface area contributed by atoms with E-state index in [9.17, 15) is 4.39 Å². The number of benzene rings is 1. The normalized spacial score (nSPS) is 21.7. The van der Waals surface area contributed by atoms with Crippen LogP contribution in [0.2, 0.25) is 0 Å². The average Bonchev–Trinajstić information content (AvgIpc) is 2.78. The Morgan fingerprint density at radius 1 is 1.35 bits per heavy atom. The summed E-state index contributed by atoms with van der Waals surface area (Å²) in [6.07, 6.45) is 5.14. The molecule has 0 saturated heterocycles. The van der Waals surface area contributed by atoms with Gasteiger partial charge in [-0.25, -0.2) is 4.39 Å². The molecule has 20 heavy (non-hydrogen) atoms. The molecule has 1 N–H and O–H groups in total. The molecule has 1 aromatic carbocycles. The van der Waals surface area contributed by atoms with Crippen molar-refractivity contribution >= 4 is 0 Å².